The second-order valence-electron chi connectivity index (χ2n) is 4.63. The van der Waals surface area contributed by atoms with Gasteiger partial charge in [-0.3, -0.25) is 0 Å². The molecule has 2 aromatic heterocycles. The van der Waals surface area contributed by atoms with Crippen molar-refractivity contribution in [2.24, 2.45) is 5.92 Å². The predicted octanol–water partition coefficient (Wildman–Crippen LogP) is 2.39. The highest BCUT2D eigenvalue weighted by atomic mass is 32.1. The molecule has 0 bridgehead atoms. The molecule has 94 valence electrons. The molecule has 18 heavy (non-hydrogen) atoms. The molecule has 1 saturated heterocycles. The van der Waals surface area contributed by atoms with Crippen LogP contribution in [0.25, 0.3) is 0 Å². The average molecular weight is 260 g/mol. The summed E-state index contributed by atoms with van der Waals surface area (Å²) in [6, 6.07) is 1.86. The summed E-state index contributed by atoms with van der Waals surface area (Å²) in [6.45, 7) is 2.11. The van der Waals surface area contributed by atoms with Crippen LogP contribution in [-0.2, 0) is 6.42 Å². The van der Waals surface area contributed by atoms with E-state index in [1.165, 1.54) is 17.8 Å². The fourth-order valence-corrected chi connectivity index (χ4v) is 3.20. The van der Waals surface area contributed by atoms with Crippen molar-refractivity contribution < 1.29 is 0 Å². The van der Waals surface area contributed by atoms with Crippen molar-refractivity contribution in [3.8, 4) is 0 Å². The van der Waals surface area contributed by atoms with E-state index in [-0.39, 0.29) is 0 Å². The molecule has 1 aliphatic rings. The van der Waals surface area contributed by atoms with E-state index in [1.807, 2.05) is 24.7 Å². The molecule has 2 aromatic rings. The van der Waals surface area contributed by atoms with Gasteiger partial charge in [0.25, 0.3) is 0 Å². The van der Waals surface area contributed by atoms with Gasteiger partial charge in [-0.15, -0.1) is 11.3 Å². The van der Waals surface area contributed by atoms with Crippen molar-refractivity contribution in [3.05, 3.63) is 35.0 Å². The van der Waals surface area contributed by atoms with Crippen LogP contribution in [0.5, 0.6) is 0 Å². The molecule has 0 radical (unpaired) electrons. The van der Waals surface area contributed by atoms with E-state index in [4.69, 9.17) is 0 Å². The number of piperidine rings is 1. The highest BCUT2D eigenvalue weighted by Crippen LogP contribution is 2.23. The lowest BCUT2D eigenvalue weighted by atomic mass is 9.95. The number of hydrogen-bond donors (Lipinski definition) is 0. The van der Waals surface area contributed by atoms with Gasteiger partial charge in [-0.2, -0.15) is 0 Å². The SMILES string of the molecule is c1cnc(N2CCC[C@@H](Cc3nccs3)C2)nc1. The third kappa shape index (κ3) is 2.67. The second kappa shape index (κ2) is 5.44. The molecule has 0 spiro atoms. The van der Waals surface area contributed by atoms with Gasteiger partial charge < -0.3 is 4.90 Å². The first-order valence-electron chi connectivity index (χ1n) is 6.32. The van der Waals surface area contributed by atoms with Gasteiger partial charge in [0.05, 0.1) is 5.01 Å². The van der Waals surface area contributed by atoms with Crippen molar-refractivity contribution in [2.45, 2.75) is 19.3 Å². The molecule has 1 aliphatic heterocycles. The summed E-state index contributed by atoms with van der Waals surface area (Å²) in [5.74, 6) is 1.54. The van der Waals surface area contributed by atoms with Gasteiger partial charge in [0.1, 0.15) is 0 Å². The van der Waals surface area contributed by atoms with Crippen LogP contribution in [0.3, 0.4) is 0 Å². The molecule has 5 heteroatoms. The Morgan fingerprint density at radius 1 is 1.22 bits per heavy atom. The van der Waals surface area contributed by atoms with Gasteiger partial charge in [0, 0.05) is 43.5 Å². The number of rotatable bonds is 3. The fourth-order valence-electron chi connectivity index (χ4n) is 2.47. The highest BCUT2D eigenvalue weighted by Gasteiger charge is 2.22. The summed E-state index contributed by atoms with van der Waals surface area (Å²) in [6.07, 6.45) is 9.10. The van der Waals surface area contributed by atoms with Gasteiger partial charge in [0.15, 0.2) is 0 Å². The first kappa shape index (κ1) is 11.6. The molecule has 0 N–H and O–H groups in total. The van der Waals surface area contributed by atoms with Gasteiger partial charge in [-0.25, -0.2) is 15.0 Å². The topological polar surface area (TPSA) is 41.9 Å². The molecular weight excluding hydrogens is 244 g/mol. The number of nitrogens with zero attached hydrogens (tertiary/aromatic N) is 4. The van der Waals surface area contributed by atoms with Crippen molar-refractivity contribution in [2.75, 3.05) is 18.0 Å². The maximum absolute atomic E-state index is 4.38. The third-order valence-electron chi connectivity index (χ3n) is 3.30. The molecule has 0 saturated carbocycles. The number of aromatic nitrogens is 3. The van der Waals surface area contributed by atoms with E-state index in [9.17, 15) is 0 Å². The predicted molar refractivity (Wildman–Crippen MR) is 72.8 cm³/mol. The fraction of sp³-hybridized carbons (Fsp3) is 0.462. The lowest BCUT2D eigenvalue weighted by molar-refractivity contribution is 0.409. The molecule has 0 amide bonds. The maximum Gasteiger partial charge on any atom is 0.225 e. The van der Waals surface area contributed by atoms with E-state index in [1.54, 1.807) is 11.3 Å². The van der Waals surface area contributed by atoms with Crippen molar-refractivity contribution in [1.82, 2.24) is 15.0 Å². The van der Waals surface area contributed by atoms with Crippen LogP contribution in [0.4, 0.5) is 5.95 Å². The van der Waals surface area contributed by atoms with E-state index in [0.29, 0.717) is 5.92 Å². The Morgan fingerprint density at radius 3 is 2.89 bits per heavy atom. The molecular formula is C13H16N4S. The second-order valence-corrected chi connectivity index (χ2v) is 5.61. The Labute approximate surface area is 111 Å². The highest BCUT2D eigenvalue weighted by molar-refractivity contribution is 7.09. The zero-order valence-corrected chi connectivity index (χ0v) is 11.0. The number of hydrogen-bond acceptors (Lipinski definition) is 5. The minimum Gasteiger partial charge on any atom is -0.341 e. The third-order valence-corrected chi connectivity index (χ3v) is 4.10. The van der Waals surface area contributed by atoms with Crippen LogP contribution < -0.4 is 4.90 Å². The van der Waals surface area contributed by atoms with Crippen LogP contribution in [-0.4, -0.2) is 28.0 Å². The zero-order valence-electron chi connectivity index (χ0n) is 10.2. The zero-order chi connectivity index (χ0) is 12.2. The number of anilines is 1. The lowest BCUT2D eigenvalue weighted by Gasteiger charge is -2.32. The minimum atomic E-state index is 0.675. The van der Waals surface area contributed by atoms with Gasteiger partial charge in [-0.1, -0.05) is 0 Å². The first-order chi connectivity index (χ1) is 8.92. The Bertz CT molecular complexity index is 471. The standard InChI is InChI=1S/C13H16N4S/c1-3-11(9-12-14-6-8-18-12)10-17(7-1)13-15-4-2-5-16-13/h2,4-6,8,11H,1,3,7,9-10H2/t11-/m0/s1. The molecule has 0 aromatic carbocycles. The largest absolute Gasteiger partial charge is 0.341 e. The van der Waals surface area contributed by atoms with E-state index >= 15 is 0 Å². The molecule has 4 nitrogen and oxygen atoms in total. The molecule has 1 atom stereocenters. The summed E-state index contributed by atoms with van der Waals surface area (Å²) in [7, 11) is 0. The summed E-state index contributed by atoms with van der Waals surface area (Å²) >= 11 is 1.75. The van der Waals surface area contributed by atoms with Crippen molar-refractivity contribution in [3.63, 3.8) is 0 Å². The molecule has 1 fully saturated rings. The monoisotopic (exact) mass is 260 g/mol. The Morgan fingerprint density at radius 2 is 2.11 bits per heavy atom. The van der Waals surface area contributed by atoms with Crippen LogP contribution in [0.15, 0.2) is 30.0 Å². The molecule has 0 unspecified atom stereocenters. The van der Waals surface area contributed by atoms with E-state index in [0.717, 1.165) is 25.5 Å². The average Bonchev–Trinajstić information content (AvgIpc) is 2.93. The Hall–Kier alpha value is -1.49. The van der Waals surface area contributed by atoms with Gasteiger partial charge in [0.2, 0.25) is 5.95 Å². The Kier molecular flexibility index (Phi) is 3.50. The van der Waals surface area contributed by atoms with E-state index in [2.05, 4.69) is 25.2 Å². The van der Waals surface area contributed by atoms with Crippen molar-refractivity contribution in [1.29, 1.82) is 0 Å². The molecule has 0 aliphatic carbocycles. The summed E-state index contributed by atoms with van der Waals surface area (Å²) in [4.78, 5) is 15.3. The van der Waals surface area contributed by atoms with Gasteiger partial charge >= 0.3 is 0 Å². The minimum absolute atomic E-state index is 0.675. The van der Waals surface area contributed by atoms with Crippen LogP contribution >= 0.6 is 11.3 Å². The van der Waals surface area contributed by atoms with Gasteiger partial charge in [-0.05, 0) is 24.8 Å². The van der Waals surface area contributed by atoms with Crippen LogP contribution in [0.1, 0.15) is 17.8 Å². The number of thiazole rings is 1. The van der Waals surface area contributed by atoms with Crippen LogP contribution in [0.2, 0.25) is 0 Å². The summed E-state index contributed by atoms with van der Waals surface area (Å²) in [5, 5.41) is 3.30. The molecule has 3 heterocycles. The lowest BCUT2D eigenvalue weighted by Crippen LogP contribution is -2.37. The van der Waals surface area contributed by atoms with Crippen LogP contribution in [0, 0.1) is 5.92 Å². The molecule has 3 rings (SSSR count). The maximum atomic E-state index is 4.38. The first-order valence-corrected chi connectivity index (χ1v) is 7.20. The summed E-state index contributed by atoms with van der Waals surface area (Å²) < 4.78 is 0. The van der Waals surface area contributed by atoms with Crippen molar-refractivity contribution >= 4 is 17.3 Å². The summed E-state index contributed by atoms with van der Waals surface area (Å²) in [5.41, 5.74) is 0. The quantitative estimate of drug-likeness (QED) is 0.850. The Balaban J connectivity index is 1.65. The smallest absolute Gasteiger partial charge is 0.225 e. The normalized spacial score (nSPS) is 20.0. The van der Waals surface area contributed by atoms with E-state index < -0.39 is 0 Å².